The van der Waals surface area contributed by atoms with Crippen molar-refractivity contribution in [2.45, 2.75) is 5.41 Å². The topological polar surface area (TPSA) is 92.5 Å². The second kappa shape index (κ2) is 14.4. The first kappa shape index (κ1) is 34.8. The molecule has 0 bridgehead atoms. The molecule has 8 aromatic carbocycles. The molecule has 8 aromatic rings. The van der Waals surface area contributed by atoms with Gasteiger partial charge in [-0.25, -0.2) is 0 Å². The van der Waals surface area contributed by atoms with Crippen molar-refractivity contribution in [3.63, 3.8) is 0 Å². The van der Waals surface area contributed by atoms with Gasteiger partial charge in [-0.05, 0) is 117 Å². The number of hydrogen-bond acceptors (Lipinski definition) is 4. The van der Waals surface area contributed by atoms with Crippen molar-refractivity contribution in [3.05, 3.63) is 226 Å². The first-order valence-corrected chi connectivity index (χ1v) is 18.7. The Kier molecular flexibility index (Phi) is 8.79. The second-order valence-electron chi connectivity index (χ2n) is 14.2. The molecule has 0 amide bonds. The number of rotatable bonds is 4. The first-order valence-electron chi connectivity index (χ1n) is 18.7. The molecule has 9 rings (SSSR count). The van der Waals surface area contributed by atoms with Gasteiger partial charge in [0.2, 0.25) is 0 Å². The standard InChI is InChI=1S/C53H36N2O2/c54-49-33-41(31-43(51(49)56)39-17-9-3-10-18-39)53(42-32-44(52(57)50(55)34-42)40-19-11-4-12-20-40)47-27-25-37(23-21-35-13-5-1-6-14-35)29-45(47)46-30-38(26-28-48(46)53)24-22-36-15-7-2-8-16-36/h1-20,25-34,56-57H,54-55H2. The third-order valence-corrected chi connectivity index (χ3v) is 10.7. The molecule has 0 spiro atoms. The highest BCUT2D eigenvalue weighted by molar-refractivity contribution is 5.91. The number of hydrogen-bond donors (Lipinski definition) is 4. The number of phenols is 2. The predicted molar refractivity (Wildman–Crippen MR) is 232 cm³/mol. The van der Waals surface area contributed by atoms with E-state index in [9.17, 15) is 10.2 Å². The van der Waals surface area contributed by atoms with Crippen molar-refractivity contribution in [3.8, 4) is 68.6 Å². The van der Waals surface area contributed by atoms with E-state index >= 15 is 0 Å². The Morgan fingerprint density at radius 3 is 1.09 bits per heavy atom. The van der Waals surface area contributed by atoms with Crippen LogP contribution in [0.3, 0.4) is 0 Å². The molecule has 6 N–H and O–H groups in total. The number of aromatic hydroxyl groups is 2. The van der Waals surface area contributed by atoms with Gasteiger partial charge in [-0.3, -0.25) is 0 Å². The van der Waals surface area contributed by atoms with E-state index in [0.717, 1.165) is 66.8 Å². The molecule has 270 valence electrons. The maximum absolute atomic E-state index is 11.5. The summed E-state index contributed by atoms with van der Waals surface area (Å²) in [4.78, 5) is 0. The highest BCUT2D eigenvalue weighted by Gasteiger charge is 2.47. The third-order valence-electron chi connectivity index (χ3n) is 10.7. The van der Waals surface area contributed by atoms with Crippen LogP contribution in [0.4, 0.5) is 11.4 Å². The normalized spacial score (nSPS) is 12.0. The summed E-state index contributed by atoms with van der Waals surface area (Å²) in [5.41, 5.74) is 25.0. The van der Waals surface area contributed by atoms with Crippen LogP contribution < -0.4 is 11.5 Å². The number of fused-ring (bicyclic) bond motifs is 3. The smallest absolute Gasteiger partial charge is 0.146 e. The van der Waals surface area contributed by atoms with Crippen LogP contribution >= 0.6 is 0 Å². The zero-order valence-electron chi connectivity index (χ0n) is 30.9. The van der Waals surface area contributed by atoms with E-state index in [2.05, 4.69) is 60.1 Å². The lowest BCUT2D eigenvalue weighted by Crippen LogP contribution is -2.29. The highest BCUT2D eigenvalue weighted by Crippen LogP contribution is 2.59. The Labute approximate surface area is 332 Å². The molecule has 0 fully saturated rings. The molecular formula is C53H36N2O2. The van der Waals surface area contributed by atoms with E-state index in [1.165, 1.54) is 0 Å². The van der Waals surface area contributed by atoms with Crippen LogP contribution in [0, 0.1) is 23.7 Å². The molecule has 0 aromatic heterocycles. The maximum Gasteiger partial charge on any atom is 0.146 e. The Balaban J connectivity index is 1.37. The van der Waals surface area contributed by atoms with Gasteiger partial charge in [0.05, 0.1) is 16.8 Å². The number of nitrogen functional groups attached to an aromatic ring is 2. The van der Waals surface area contributed by atoms with Gasteiger partial charge < -0.3 is 21.7 Å². The van der Waals surface area contributed by atoms with Crippen LogP contribution in [-0.4, -0.2) is 10.2 Å². The lowest BCUT2D eigenvalue weighted by atomic mass is 9.66. The fourth-order valence-corrected chi connectivity index (χ4v) is 8.03. The molecule has 0 saturated carbocycles. The van der Waals surface area contributed by atoms with Crippen molar-refractivity contribution < 1.29 is 10.2 Å². The van der Waals surface area contributed by atoms with Gasteiger partial charge >= 0.3 is 0 Å². The van der Waals surface area contributed by atoms with Gasteiger partial charge in [-0.1, -0.05) is 133 Å². The van der Waals surface area contributed by atoms with Gasteiger partial charge in [-0.2, -0.15) is 0 Å². The summed E-state index contributed by atoms with van der Waals surface area (Å²) in [6.07, 6.45) is 0. The number of benzene rings is 8. The second-order valence-corrected chi connectivity index (χ2v) is 14.2. The van der Waals surface area contributed by atoms with Gasteiger partial charge in [0.25, 0.3) is 0 Å². The molecule has 0 saturated heterocycles. The summed E-state index contributed by atoms with van der Waals surface area (Å²) in [6, 6.07) is 59.8. The SMILES string of the molecule is Nc1cc(C2(c3cc(N)c(O)c(-c4ccccc4)c3)c3ccc(C#Cc4ccccc4)cc3-c3cc(C#Cc4ccccc4)ccc32)cc(-c2ccccc2)c1O. The van der Waals surface area contributed by atoms with Crippen LogP contribution in [0.25, 0.3) is 33.4 Å². The summed E-state index contributed by atoms with van der Waals surface area (Å²) in [5, 5.41) is 23.0. The molecule has 0 radical (unpaired) electrons. The summed E-state index contributed by atoms with van der Waals surface area (Å²) in [5.74, 6) is 13.5. The monoisotopic (exact) mass is 732 g/mol. The molecule has 4 nitrogen and oxygen atoms in total. The summed E-state index contributed by atoms with van der Waals surface area (Å²) < 4.78 is 0. The van der Waals surface area contributed by atoms with Gasteiger partial charge in [-0.15, -0.1) is 0 Å². The van der Waals surface area contributed by atoms with Crippen molar-refractivity contribution in [2.24, 2.45) is 0 Å². The van der Waals surface area contributed by atoms with Crippen LogP contribution in [-0.2, 0) is 5.41 Å². The molecule has 57 heavy (non-hydrogen) atoms. The Morgan fingerprint density at radius 1 is 0.351 bits per heavy atom. The minimum Gasteiger partial charge on any atom is -0.505 e. The molecule has 0 heterocycles. The number of anilines is 2. The van der Waals surface area contributed by atoms with E-state index in [0.29, 0.717) is 11.1 Å². The Morgan fingerprint density at radius 2 is 0.702 bits per heavy atom. The lowest BCUT2D eigenvalue weighted by Gasteiger charge is -2.35. The average Bonchev–Trinajstić information content (AvgIpc) is 3.55. The fourth-order valence-electron chi connectivity index (χ4n) is 8.03. The summed E-state index contributed by atoms with van der Waals surface area (Å²) >= 11 is 0. The Hall–Kier alpha value is -7.92. The van der Waals surface area contributed by atoms with Crippen LogP contribution in [0.2, 0.25) is 0 Å². The molecule has 0 atom stereocenters. The zero-order valence-corrected chi connectivity index (χ0v) is 30.9. The van der Waals surface area contributed by atoms with Gasteiger partial charge in [0.15, 0.2) is 0 Å². The van der Waals surface area contributed by atoms with E-state index in [4.69, 9.17) is 11.5 Å². The van der Waals surface area contributed by atoms with Crippen LogP contribution in [0.5, 0.6) is 11.5 Å². The molecule has 0 unspecified atom stereocenters. The third kappa shape index (κ3) is 6.22. The van der Waals surface area contributed by atoms with E-state index in [1.54, 1.807) is 0 Å². The lowest BCUT2D eigenvalue weighted by molar-refractivity contribution is 0.479. The summed E-state index contributed by atoms with van der Waals surface area (Å²) in [6.45, 7) is 0. The van der Waals surface area contributed by atoms with E-state index in [-0.39, 0.29) is 22.9 Å². The Bertz CT molecular complexity index is 2730. The zero-order chi connectivity index (χ0) is 38.9. The first-order chi connectivity index (χ1) is 27.9. The van der Waals surface area contributed by atoms with Crippen LogP contribution in [0.1, 0.15) is 44.5 Å². The molecule has 0 aliphatic heterocycles. The largest absolute Gasteiger partial charge is 0.505 e. The minimum atomic E-state index is -1.02. The quantitative estimate of drug-likeness (QED) is 0.0823. The van der Waals surface area contributed by atoms with Crippen molar-refractivity contribution in [2.75, 3.05) is 11.5 Å². The summed E-state index contributed by atoms with van der Waals surface area (Å²) in [7, 11) is 0. The van der Waals surface area contributed by atoms with Gasteiger partial charge in [0, 0.05) is 33.4 Å². The minimum absolute atomic E-state index is 0.00630. The van der Waals surface area contributed by atoms with Crippen molar-refractivity contribution >= 4 is 11.4 Å². The predicted octanol–water partition coefficient (Wildman–Crippen LogP) is 10.8. The molecule has 1 aliphatic rings. The fraction of sp³-hybridized carbons (Fsp3) is 0.0189. The average molecular weight is 733 g/mol. The highest BCUT2D eigenvalue weighted by atomic mass is 16.3. The molecular weight excluding hydrogens is 697 g/mol. The van der Waals surface area contributed by atoms with E-state index < -0.39 is 5.41 Å². The number of nitrogens with two attached hydrogens (primary N) is 2. The van der Waals surface area contributed by atoms with Gasteiger partial charge in [0.1, 0.15) is 11.5 Å². The van der Waals surface area contributed by atoms with Crippen LogP contribution in [0.15, 0.2) is 182 Å². The molecule has 1 aliphatic carbocycles. The molecule has 4 heteroatoms. The van der Waals surface area contributed by atoms with Crippen molar-refractivity contribution in [1.29, 1.82) is 0 Å². The number of phenolic OH excluding ortho intramolecular Hbond substituents is 2. The van der Waals surface area contributed by atoms with E-state index in [1.807, 2.05) is 146 Å². The van der Waals surface area contributed by atoms with Crippen molar-refractivity contribution in [1.82, 2.24) is 0 Å². The maximum atomic E-state index is 11.5.